The van der Waals surface area contributed by atoms with Gasteiger partial charge in [0.2, 0.25) is 0 Å². The molecule has 4 rings (SSSR count). The number of nitrogens with one attached hydrogen (secondary N) is 1. The Morgan fingerprint density at radius 1 is 1.34 bits per heavy atom. The molecule has 0 amide bonds. The molecule has 1 saturated carbocycles. The number of Topliss-reactive ketones (excluding diaryl/α,β-unsaturated/α-hetero) is 1. The molecule has 184 valence electrons. The Morgan fingerprint density at radius 2 is 2.11 bits per heavy atom. The molecule has 0 saturated heterocycles. The molecule has 3 aromatic rings. The highest BCUT2D eigenvalue weighted by molar-refractivity contribution is 5.98. The van der Waals surface area contributed by atoms with E-state index in [4.69, 9.17) is 9.84 Å². The SMILES string of the molecule is COC1(CC(=O)c2ccc(-c3cnc4c(NCCC(F)(F)F)nc(C#CCO)cn34)cc2C)CC1. The van der Waals surface area contributed by atoms with Crippen molar-refractivity contribution in [2.75, 3.05) is 25.6 Å². The van der Waals surface area contributed by atoms with E-state index in [9.17, 15) is 18.0 Å². The van der Waals surface area contributed by atoms with Crippen LogP contribution in [-0.4, -0.2) is 57.3 Å². The first-order valence-electron chi connectivity index (χ1n) is 11.1. The van der Waals surface area contributed by atoms with Gasteiger partial charge in [0.05, 0.1) is 23.9 Å². The average Bonchev–Trinajstić information content (AvgIpc) is 3.44. The van der Waals surface area contributed by atoms with E-state index >= 15 is 0 Å². The number of halogens is 3. The summed E-state index contributed by atoms with van der Waals surface area (Å²) in [5.74, 6) is 5.37. The fourth-order valence-electron chi connectivity index (χ4n) is 3.95. The second-order valence-corrected chi connectivity index (χ2v) is 8.58. The number of carbonyl (C=O) groups is 1. The van der Waals surface area contributed by atoms with Crippen molar-refractivity contribution >= 4 is 17.2 Å². The Labute approximate surface area is 200 Å². The zero-order valence-corrected chi connectivity index (χ0v) is 19.4. The topological polar surface area (TPSA) is 88.8 Å². The number of aryl methyl sites for hydroxylation is 1. The Hall–Kier alpha value is -3.42. The molecule has 0 radical (unpaired) electrons. The number of benzene rings is 1. The van der Waals surface area contributed by atoms with Gasteiger partial charge in [-0.05, 0) is 37.3 Å². The number of rotatable bonds is 8. The number of fused-ring (bicyclic) bond motifs is 1. The zero-order valence-electron chi connectivity index (χ0n) is 19.4. The summed E-state index contributed by atoms with van der Waals surface area (Å²) >= 11 is 0. The summed E-state index contributed by atoms with van der Waals surface area (Å²) in [5.41, 5.74) is 3.12. The van der Waals surface area contributed by atoms with Crippen molar-refractivity contribution in [3.63, 3.8) is 0 Å². The number of anilines is 1. The molecule has 35 heavy (non-hydrogen) atoms. The Kier molecular flexibility index (Phi) is 6.83. The summed E-state index contributed by atoms with van der Waals surface area (Å²) in [7, 11) is 1.63. The van der Waals surface area contributed by atoms with Crippen LogP contribution >= 0.6 is 0 Å². The van der Waals surface area contributed by atoms with Gasteiger partial charge in [0.15, 0.2) is 17.2 Å². The molecule has 0 atom stereocenters. The second-order valence-electron chi connectivity index (χ2n) is 8.58. The van der Waals surface area contributed by atoms with Crippen molar-refractivity contribution in [3.8, 4) is 23.1 Å². The molecule has 0 spiro atoms. The van der Waals surface area contributed by atoms with Crippen molar-refractivity contribution in [2.24, 2.45) is 0 Å². The smallest absolute Gasteiger partial charge is 0.384 e. The van der Waals surface area contributed by atoms with Crippen molar-refractivity contribution in [1.82, 2.24) is 14.4 Å². The van der Waals surface area contributed by atoms with Crippen LogP contribution in [0.2, 0.25) is 0 Å². The maximum atomic E-state index is 12.8. The Balaban J connectivity index is 1.67. The number of ketones is 1. The Morgan fingerprint density at radius 3 is 2.74 bits per heavy atom. The van der Waals surface area contributed by atoms with Crippen LogP contribution in [0.25, 0.3) is 16.9 Å². The number of aliphatic hydroxyl groups is 1. The van der Waals surface area contributed by atoms with E-state index < -0.39 is 12.6 Å². The van der Waals surface area contributed by atoms with Crippen LogP contribution in [0.5, 0.6) is 0 Å². The maximum Gasteiger partial charge on any atom is 0.390 e. The van der Waals surface area contributed by atoms with Gasteiger partial charge >= 0.3 is 6.18 Å². The van der Waals surface area contributed by atoms with Crippen LogP contribution in [-0.2, 0) is 4.74 Å². The van der Waals surface area contributed by atoms with E-state index in [0.29, 0.717) is 23.3 Å². The molecular weight excluding hydrogens is 461 g/mol. The number of aliphatic hydroxyl groups excluding tert-OH is 1. The first-order valence-corrected chi connectivity index (χ1v) is 11.1. The van der Waals surface area contributed by atoms with Crippen LogP contribution in [0.4, 0.5) is 19.0 Å². The predicted octanol–water partition coefficient (Wildman–Crippen LogP) is 4.16. The zero-order chi connectivity index (χ0) is 25.2. The third kappa shape index (κ3) is 5.63. The van der Waals surface area contributed by atoms with E-state index in [0.717, 1.165) is 24.0 Å². The van der Waals surface area contributed by atoms with Crippen LogP contribution in [0.1, 0.15) is 47.3 Å². The van der Waals surface area contributed by atoms with Gasteiger partial charge in [-0.1, -0.05) is 18.1 Å². The first-order chi connectivity index (χ1) is 16.6. The lowest BCUT2D eigenvalue weighted by Crippen LogP contribution is -2.18. The van der Waals surface area contributed by atoms with Gasteiger partial charge in [-0.2, -0.15) is 13.2 Å². The minimum Gasteiger partial charge on any atom is -0.384 e. The molecule has 0 aliphatic heterocycles. The molecule has 1 aliphatic rings. The second kappa shape index (κ2) is 9.68. The number of hydrogen-bond acceptors (Lipinski definition) is 6. The number of methoxy groups -OCH3 is 1. The van der Waals surface area contributed by atoms with Crippen LogP contribution in [0, 0.1) is 18.8 Å². The van der Waals surface area contributed by atoms with Gasteiger partial charge in [0.25, 0.3) is 0 Å². The van der Waals surface area contributed by atoms with E-state index in [1.54, 1.807) is 30.0 Å². The number of carbonyl (C=O) groups excluding carboxylic acids is 1. The molecule has 1 aromatic carbocycles. The molecule has 2 N–H and O–H groups in total. The maximum absolute atomic E-state index is 12.8. The molecule has 10 heteroatoms. The van der Waals surface area contributed by atoms with Crippen LogP contribution in [0.3, 0.4) is 0 Å². The molecule has 0 unspecified atom stereocenters. The summed E-state index contributed by atoms with van der Waals surface area (Å²) in [6.07, 6.45) is -0.0388. The fraction of sp³-hybridized carbons (Fsp3) is 0.400. The summed E-state index contributed by atoms with van der Waals surface area (Å²) in [6, 6.07) is 5.46. The highest BCUT2D eigenvalue weighted by Crippen LogP contribution is 2.43. The average molecular weight is 486 g/mol. The van der Waals surface area contributed by atoms with E-state index in [1.807, 2.05) is 19.1 Å². The predicted molar refractivity (Wildman–Crippen MR) is 124 cm³/mol. The van der Waals surface area contributed by atoms with Gasteiger partial charge in [0, 0.05) is 37.4 Å². The molecule has 1 fully saturated rings. The van der Waals surface area contributed by atoms with Crippen LogP contribution < -0.4 is 5.32 Å². The summed E-state index contributed by atoms with van der Waals surface area (Å²) < 4.78 is 45.0. The van der Waals surface area contributed by atoms with E-state index in [1.165, 1.54) is 0 Å². The normalized spacial score (nSPS) is 14.5. The number of aromatic nitrogens is 3. The lowest BCUT2D eigenvalue weighted by molar-refractivity contribution is -0.131. The first kappa shape index (κ1) is 24.7. The molecule has 2 heterocycles. The lowest BCUT2D eigenvalue weighted by atomic mass is 9.97. The summed E-state index contributed by atoms with van der Waals surface area (Å²) in [6.45, 7) is 1.10. The number of nitrogens with zero attached hydrogens (tertiary/aromatic N) is 3. The van der Waals surface area contributed by atoms with Crippen LogP contribution in [0.15, 0.2) is 30.6 Å². The number of alkyl halides is 3. The third-order valence-electron chi connectivity index (χ3n) is 6.03. The Bertz CT molecular complexity index is 1320. The standard InChI is InChI=1S/C25H25F3N4O3/c1-16-12-17(5-6-19(16)21(34)13-24(35-2)7-8-24)20-14-30-23-22(29-10-9-25(26,27)28)31-18(4-3-11-33)15-32(20)23/h5-6,12,14-15,33H,7-11,13H2,1-2H3,(H,29,31). The monoisotopic (exact) mass is 486 g/mol. The molecule has 1 aliphatic carbocycles. The van der Waals surface area contributed by atoms with Gasteiger partial charge in [0.1, 0.15) is 12.3 Å². The van der Waals surface area contributed by atoms with Gasteiger partial charge in [-0.3, -0.25) is 9.20 Å². The fourth-order valence-corrected chi connectivity index (χ4v) is 3.95. The van der Waals surface area contributed by atoms with Crippen molar-refractivity contribution in [3.05, 3.63) is 47.4 Å². The molecule has 7 nitrogen and oxygen atoms in total. The largest absolute Gasteiger partial charge is 0.390 e. The van der Waals surface area contributed by atoms with E-state index in [-0.39, 0.29) is 36.0 Å². The van der Waals surface area contributed by atoms with Gasteiger partial charge in [-0.25, -0.2) is 9.97 Å². The van der Waals surface area contributed by atoms with Gasteiger partial charge < -0.3 is 15.2 Å². The minimum atomic E-state index is -4.31. The quantitative estimate of drug-likeness (QED) is 0.367. The highest BCUT2D eigenvalue weighted by Gasteiger charge is 2.44. The number of ether oxygens (including phenoxy) is 1. The van der Waals surface area contributed by atoms with Gasteiger partial charge in [-0.15, -0.1) is 0 Å². The summed E-state index contributed by atoms with van der Waals surface area (Å²) in [4.78, 5) is 21.4. The van der Waals surface area contributed by atoms with Crippen molar-refractivity contribution in [1.29, 1.82) is 0 Å². The number of hydrogen-bond donors (Lipinski definition) is 2. The van der Waals surface area contributed by atoms with Crippen molar-refractivity contribution in [2.45, 2.75) is 44.4 Å². The minimum absolute atomic E-state index is 0.0217. The van der Waals surface area contributed by atoms with Crippen molar-refractivity contribution < 1.29 is 27.8 Å². The number of imidazole rings is 1. The molecule has 0 bridgehead atoms. The summed E-state index contributed by atoms with van der Waals surface area (Å²) in [5, 5.41) is 11.7. The van der Waals surface area contributed by atoms with E-state index in [2.05, 4.69) is 27.1 Å². The third-order valence-corrected chi connectivity index (χ3v) is 6.03. The molecule has 2 aromatic heterocycles. The highest BCUT2D eigenvalue weighted by atomic mass is 19.4. The lowest BCUT2D eigenvalue weighted by Gasteiger charge is -2.14. The molecular formula is C25H25F3N4O3.